The van der Waals surface area contributed by atoms with Crippen LogP contribution in [-0.2, 0) is 9.53 Å². The van der Waals surface area contributed by atoms with Gasteiger partial charge in [-0.25, -0.2) is 4.79 Å². The van der Waals surface area contributed by atoms with E-state index in [4.69, 9.17) is 20.8 Å². The van der Waals surface area contributed by atoms with E-state index in [1.807, 2.05) is 13.0 Å². The number of hydrogen-bond acceptors (Lipinski definition) is 4. The number of hydrogen-bond donors (Lipinski definition) is 1. The lowest BCUT2D eigenvalue weighted by Gasteiger charge is -2.08. The Morgan fingerprint density at radius 2 is 2.05 bits per heavy atom. The molecule has 0 aliphatic rings. The first-order valence-electron chi connectivity index (χ1n) is 6.24. The van der Waals surface area contributed by atoms with E-state index < -0.39 is 18.5 Å². The third kappa shape index (κ3) is 3.86. The predicted molar refractivity (Wildman–Crippen MR) is 78.5 cm³/mol. The molecule has 0 aliphatic carbocycles. The van der Waals surface area contributed by atoms with Gasteiger partial charge >= 0.3 is 5.97 Å². The van der Waals surface area contributed by atoms with Crippen LogP contribution in [0.15, 0.2) is 34.9 Å². The minimum atomic E-state index is -0.605. The van der Waals surface area contributed by atoms with Crippen molar-refractivity contribution in [3.63, 3.8) is 0 Å². The number of halogens is 1. The van der Waals surface area contributed by atoms with Gasteiger partial charge in [-0.2, -0.15) is 0 Å². The molecule has 2 rings (SSSR count). The number of benzene rings is 1. The van der Waals surface area contributed by atoms with Gasteiger partial charge in [-0.1, -0.05) is 17.7 Å². The molecule has 0 saturated heterocycles. The van der Waals surface area contributed by atoms with Gasteiger partial charge in [-0.15, -0.1) is 0 Å². The Balaban J connectivity index is 1.90. The summed E-state index contributed by atoms with van der Waals surface area (Å²) in [5.74, 6) is -0.622. The summed E-state index contributed by atoms with van der Waals surface area (Å²) < 4.78 is 9.91. The maximum atomic E-state index is 11.7. The van der Waals surface area contributed by atoms with Crippen molar-refractivity contribution >= 4 is 29.2 Å². The van der Waals surface area contributed by atoms with Crippen molar-refractivity contribution in [2.45, 2.75) is 13.8 Å². The fourth-order valence-electron chi connectivity index (χ4n) is 1.71. The average molecular weight is 308 g/mol. The molecule has 0 aliphatic heterocycles. The van der Waals surface area contributed by atoms with Crippen molar-refractivity contribution in [3.8, 4) is 0 Å². The number of rotatable bonds is 4. The normalized spacial score (nSPS) is 10.2. The topological polar surface area (TPSA) is 68.5 Å². The number of carbonyl (C=O) groups is 2. The summed E-state index contributed by atoms with van der Waals surface area (Å²) in [6.07, 6.45) is 1.39. The van der Waals surface area contributed by atoms with Crippen LogP contribution in [0.2, 0.25) is 5.02 Å². The van der Waals surface area contributed by atoms with Crippen molar-refractivity contribution in [3.05, 3.63) is 52.4 Å². The lowest BCUT2D eigenvalue weighted by molar-refractivity contribution is -0.119. The lowest BCUT2D eigenvalue weighted by atomic mass is 10.2. The molecule has 0 spiro atoms. The van der Waals surface area contributed by atoms with Gasteiger partial charge in [0.2, 0.25) is 0 Å². The van der Waals surface area contributed by atoms with E-state index in [-0.39, 0.29) is 0 Å². The molecule has 1 aromatic heterocycles. The van der Waals surface area contributed by atoms with Gasteiger partial charge in [0.1, 0.15) is 11.3 Å². The Bertz CT molecular complexity index is 678. The Hall–Kier alpha value is -2.27. The minimum absolute atomic E-state index is 0.302. The molecule has 1 amide bonds. The number of aryl methyl sites for hydroxylation is 2. The third-order valence-corrected chi connectivity index (χ3v) is 3.12. The zero-order valence-corrected chi connectivity index (χ0v) is 12.4. The van der Waals surface area contributed by atoms with Crippen molar-refractivity contribution in [1.82, 2.24) is 0 Å². The number of furan rings is 1. The molecule has 1 N–H and O–H groups in total. The Morgan fingerprint density at radius 1 is 1.29 bits per heavy atom. The summed E-state index contributed by atoms with van der Waals surface area (Å²) in [6, 6.07) is 6.74. The molecule has 1 heterocycles. The van der Waals surface area contributed by atoms with Crippen LogP contribution in [0.4, 0.5) is 5.69 Å². The molecule has 21 heavy (non-hydrogen) atoms. The molecule has 0 atom stereocenters. The standard InChI is InChI=1S/C15H14ClNO4/c1-9-3-4-13(12(16)7-9)17-14(18)8-21-15(19)11-5-6-20-10(11)2/h3-7H,8H2,1-2H3,(H,17,18). The van der Waals surface area contributed by atoms with Gasteiger partial charge < -0.3 is 14.5 Å². The van der Waals surface area contributed by atoms with Crippen LogP contribution in [0.5, 0.6) is 0 Å². The van der Waals surface area contributed by atoms with Gasteiger partial charge in [-0.3, -0.25) is 4.79 Å². The van der Waals surface area contributed by atoms with E-state index in [0.717, 1.165) is 5.56 Å². The van der Waals surface area contributed by atoms with E-state index in [1.54, 1.807) is 19.1 Å². The minimum Gasteiger partial charge on any atom is -0.469 e. The second-order valence-corrected chi connectivity index (χ2v) is 4.91. The number of esters is 1. The molecule has 0 fully saturated rings. The van der Waals surface area contributed by atoms with Crippen LogP contribution in [0, 0.1) is 13.8 Å². The van der Waals surface area contributed by atoms with Gasteiger partial charge in [0.25, 0.3) is 5.91 Å². The average Bonchev–Trinajstić information content (AvgIpc) is 2.85. The SMILES string of the molecule is Cc1ccc(NC(=O)COC(=O)c2ccoc2C)c(Cl)c1. The summed E-state index contributed by atoms with van der Waals surface area (Å²) in [5, 5.41) is 3.01. The molecular weight excluding hydrogens is 294 g/mol. The second kappa shape index (κ2) is 6.45. The Labute approximate surface area is 126 Å². The zero-order chi connectivity index (χ0) is 15.4. The van der Waals surface area contributed by atoms with Crippen molar-refractivity contribution in [2.24, 2.45) is 0 Å². The zero-order valence-electron chi connectivity index (χ0n) is 11.6. The number of carbonyl (C=O) groups excluding carboxylic acids is 2. The smallest absolute Gasteiger partial charge is 0.342 e. The number of nitrogens with one attached hydrogen (secondary N) is 1. The highest BCUT2D eigenvalue weighted by atomic mass is 35.5. The number of ether oxygens (including phenoxy) is 1. The van der Waals surface area contributed by atoms with Gasteiger partial charge in [0.05, 0.1) is 17.0 Å². The van der Waals surface area contributed by atoms with Crippen LogP contribution in [0.1, 0.15) is 21.7 Å². The highest BCUT2D eigenvalue weighted by Crippen LogP contribution is 2.22. The van der Waals surface area contributed by atoms with Crippen LogP contribution in [0.25, 0.3) is 0 Å². The van der Waals surface area contributed by atoms with E-state index in [9.17, 15) is 9.59 Å². The summed E-state index contributed by atoms with van der Waals surface area (Å²) in [7, 11) is 0. The van der Waals surface area contributed by atoms with Crippen LogP contribution >= 0.6 is 11.6 Å². The van der Waals surface area contributed by atoms with Gasteiger partial charge in [-0.05, 0) is 37.6 Å². The van der Waals surface area contributed by atoms with Crippen LogP contribution in [0.3, 0.4) is 0 Å². The molecule has 0 unspecified atom stereocenters. The van der Waals surface area contributed by atoms with E-state index in [1.165, 1.54) is 12.3 Å². The van der Waals surface area contributed by atoms with Crippen LogP contribution in [-0.4, -0.2) is 18.5 Å². The summed E-state index contributed by atoms with van der Waals surface area (Å²) in [5.41, 5.74) is 1.76. The van der Waals surface area contributed by atoms with Crippen molar-refractivity contribution in [1.29, 1.82) is 0 Å². The van der Waals surface area contributed by atoms with Gasteiger partial charge in [0.15, 0.2) is 6.61 Å². The molecule has 6 heteroatoms. The Kier molecular flexibility index (Phi) is 4.65. The molecule has 2 aromatic rings. The van der Waals surface area contributed by atoms with E-state index in [0.29, 0.717) is 22.0 Å². The second-order valence-electron chi connectivity index (χ2n) is 4.50. The molecule has 0 saturated carbocycles. The number of amides is 1. The summed E-state index contributed by atoms with van der Waals surface area (Å²) >= 11 is 6.00. The van der Waals surface area contributed by atoms with Crippen molar-refractivity contribution < 1.29 is 18.7 Å². The van der Waals surface area contributed by atoms with Crippen LogP contribution < -0.4 is 5.32 Å². The first-order chi connectivity index (χ1) is 9.97. The van der Waals surface area contributed by atoms with Gasteiger partial charge in [0, 0.05) is 0 Å². The molecular formula is C15H14ClNO4. The maximum absolute atomic E-state index is 11.7. The highest BCUT2D eigenvalue weighted by molar-refractivity contribution is 6.33. The summed E-state index contributed by atoms with van der Waals surface area (Å²) in [4.78, 5) is 23.4. The largest absolute Gasteiger partial charge is 0.469 e. The third-order valence-electron chi connectivity index (χ3n) is 2.81. The molecule has 0 bridgehead atoms. The summed E-state index contributed by atoms with van der Waals surface area (Å²) in [6.45, 7) is 3.14. The van der Waals surface area contributed by atoms with Crippen molar-refractivity contribution in [2.75, 3.05) is 11.9 Å². The van der Waals surface area contributed by atoms with E-state index in [2.05, 4.69) is 5.32 Å². The molecule has 0 radical (unpaired) electrons. The fourth-order valence-corrected chi connectivity index (χ4v) is 2.00. The number of anilines is 1. The monoisotopic (exact) mass is 307 g/mol. The first kappa shape index (κ1) is 15.1. The molecule has 110 valence electrons. The molecule has 1 aromatic carbocycles. The maximum Gasteiger partial charge on any atom is 0.342 e. The highest BCUT2D eigenvalue weighted by Gasteiger charge is 2.15. The quantitative estimate of drug-likeness (QED) is 0.880. The first-order valence-corrected chi connectivity index (χ1v) is 6.62. The lowest BCUT2D eigenvalue weighted by Crippen LogP contribution is -2.21. The molecule has 5 nitrogen and oxygen atoms in total. The Morgan fingerprint density at radius 3 is 2.67 bits per heavy atom. The van der Waals surface area contributed by atoms with E-state index >= 15 is 0 Å². The predicted octanol–water partition coefficient (Wildman–Crippen LogP) is 3.35. The fraction of sp³-hybridized carbons (Fsp3) is 0.200.